The van der Waals surface area contributed by atoms with Crippen molar-refractivity contribution in [1.29, 1.82) is 0 Å². The summed E-state index contributed by atoms with van der Waals surface area (Å²) in [6.45, 7) is 6.26. The van der Waals surface area contributed by atoms with Crippen LogP contribution in [0.5, 0.6) is 5.75 Å². The van der Waals surface area contributed by atoms with Crippen molar-refractivity contribution >= 4 is 0 Å². The third kappa shape index (κ3) is 1.77. The van der Waals surface area contributed by atoms with Crippen LogP contribution in [0.1, 0.15) is 30.9 Å². The van der Waals surface area contributed by atoms with Gasteiger partial charge in [0.1, 0.15) is 0 Å². The smallest absolute Gasteiger partial charge is 0.150 e. The first-order chi connectivity index (χ1) is 5.65. The fourth-order valence-corrected chi connectivity index (χ4v) is 1.22. The first-order valence-electron chi connectivity index (χ1n) is 4.12. The first kappa shape index (κ1) is 9.07. The van der Waals surface area contributed by atoms with Crippen LogP contribution < -0.4 is 10.7 Å². The molecule has 2 N–H and O–H groups in total. The molecule has 1 rings (SSSR count). The number of benzene rings is 1. The molecule has 12 heavy (non-hydrogen) atoms. The lowest BCUT2D eigenvalue weighted by atomic mass is 10.0. The number of hydrogen-bond donors (Lipinski definition) is 1. The van der Waals surface area contributed by atoms with Gasteiger partial charge in [0.25, 0.3) is 0 Å². The second-order valence-corrected chi connectivity index (χ2v) is 3.31. The zero-order valence-corrected chi connectivity index (χ0v) is 7.79. The molecule has 0 saturated carbocycles. The summed E-state index contributed by atoms with van der Waals surface area (Å²) in [5.74, 6) is 6.39. The minimum absolute atomic E-state index is 0.448. The van der Waals surface area contributed by atoms with E-state index in [1.165, 1.54) is 5.56 Å². The number of hydrogen-bond acceptors (Lipinski definition) is 2. The molecule has 0 aliphatic heterocycles. The quantitative estimate of drug-likeness (QED) is 0.683. The van der Waals surface area contributed by atoms with Crippen LogP contribution in [0.4, 0.5) is 0 Å². The number of aryl methyl sites for hydroxylation is 1. The van der Waals surface area contributed by atoms with Crippen LogP contribution >= 0.6 is 0 Å². The molecule has 2 heteroatoms. The van der Waals surface area contributed by atoms with E-state index in [1.807, 2.05) is 13.0 Å². The molecule has 2 nitrogen and oxygen atoms in total. The summed E-state index contributed by atoms with van der Waals surface area (Å²) in [5, 5.41) is 0. The molecule has 0 heterocycles. The van der Waals surface area contributed by atoms with Crippen LogP contribution in [0.3, 0.4) is 0 Å². The Morgan fingerprint density at radius 1 is 1.33 bits per heavy atom. The van der Waals surface area contributed by atoms with Gasteiger partial charge in [-0.25, -0.2) is 0 Å². The van der Waals surface area contributed by atoms with Crippen molar-refractivity contribution in [2.45, 2.75) is 26.7 Å². The monoisotopic (exact) mass is 165 g/mol. The molecule has 0 aliphatic carbocycles. The molecule has 0 saturated heterocycles. The van der Waals surface area contributed by atoms with Gasteiger partial charge < -0.3 is 4.84 Å². The van der Waals surface area contributed by atoms with Crippen molar-refractivity contribution in [3.63, 3.8) is 0 Å². The third-order valence-corrected chi connectivity index (χ3v) is 1.92. The molecule has 0 spiro atoms. The van der Waals surface area contributed by atoms with Gasteiger partial charge in [-0.1, -0.05) is 26.0 Å². The van der Waals surface area contributed by atoms with Crippen molar-refractivity contribution in [1.82, 2.24) is 0 Å². The number of rotatable bonds is 2. The maximum atomic E-state index is 5.16. The highest BCUT2D eigenvalue weighted by molar-refractivity contribution is 5.38. The molecule has 0 fully saturated rings. The van der Waals surface area contributed by atoms with E-state index in [-0.39, 0.29) is 0 Å². The Morgan fingerprint density at radius 2 is 2.00 bits per heavy atom. The van der Waals surface area contributed by atoms with Crippen molar-refractivity contribution < 1.29 is 4.84 Å². The van der Waals surface area contributed by atoms with Gasteiger partial charge in [-0.15, -0.1) is 0 Å². The molecule has 0 radical (unpaired) electrons. The fourth-order valence-electron chi connectivity index (χ4n) is 1.22. The van der Waals surface area contributed by atoms with Gasteiger partial charge in [-0.3, -0.25) is 0 Å². The van der Waals surface area contributed by atoms with Crippen molar-refractivity contribution in [3.05, 3.63) is 29.3 Å². The zero-order valence-electron chi connectivity index (χ0n) is 7.79. The highest BCUT2D eigenvalue weighted by atomic mass is 16.6. The van der Waals surface area contributed by atoms with E-state index in [0.29, 0.717) is 5.92 Å². The lowest BCUT2D eigenvalue weighted by molar-refractivity contribution is 0.329. The molecule has 0 aromatic heterocycles. The largest absolute Gasteiger partial charge is 0.411 e. The van der Waals surface area contributed by atoms with Gasteiger partial charge in [0.2, 0.25) is 0 Å². The van der Waals surface area contributed by atoms with Crippen LogP contribution in [0, 0.1) is 6.92 Å². The lowest BCUT2D eigenvalue weighted by Gasteiger charge is -2.10. The molecule has 0 amide bonds. The van der Waals surface area contributed by atoms with Crippen LogP contribution in [-0.4, -0.2) is 0 Å². The zero-order chi connectivity index (χ0) is 9.14. The lowest BCUT2D eigenvalue weighted by Crippen LogP contribution is -2.05. The van der Waals surface area contributed by atoms with Crippen molar-refractivity contribution in [2.75, 3.05) is 0 Å². The third-order valence-electron chi connectivity index (χ3n) is 1.92. The predicted molar refractivity (Wildman–Crippen MR) is 50.1 cm³/mol. The molecular formula is C10H15NO. The minimum Gasteiger partial charge on any atom is -0.411 e. The molecule has 1 aromatic carbocycles. The minimum atomic E-state index is 0.448. The van der Waals surface area contributed by atoms with Crippen LogP contribution in [0.25, 0.3) is 0 Å². The summed E-state index contributed by atoms with van der Waals surface area (Å²) in [6.07, 6.45) is 0. The molecule has 1 aromatic rings. The molecule has 0 bridgehead atoms. The molecular weight excluding hydrogens is 150 g/mol. The molecule has 0 unspecified atom stereocenters. The highest BCUT2D eigenvalue weighted by Crippen LogP contribution is 2.26. The van der Waals surface area contributed by atoms with Gasteiger partial charge in [0.05, 0.1) is 0 Å². The average Bonchev–Trinajstić information content (AvgIpc) is 2.03. The Kier molecular flexibility index (Phi) is 2.71. The molecule has 66 valence electrons. The van der Waals surface area contributed by atoms with Gasteiger partial charge in [-0.05, 0) is 30.0 Å². The van der Waals surface area contributed by atoms with E-state index in [4.69, 9.17) is 10.7 Å². The Morgan fingerprint density at radius 3 is 2.50 bits per heavy atom. The maximum absolute atomic E-state index is 5.16. The van der Waals surface area contributed by atoms with Gasteiger partial charge in [0.15, 0.2) is 5.75 Å². The standard InChI is InChI=1S/C10H15NO/c1-7(2)9-5-4-8(3)6-10(9)12-11/h4-7H,11H2,1-3H3. The first-order valence-corrected chi connectivity index (χ1v) is 4.12. The summed E-state index contributed by atoms with van der Waals surface area (Å²) < 4.78 is 0. The fraction of sp³-hybridized carbons (Fsp3) is 0.400. The van der Waals surface area contributed by atoms with E-state index in [9.17, 15) is 0 Å². The van der Waals surface area contributed by atoms with Gasteiger partial charge in [-0.2, -0.15) is 5.90 Å². The Bertz CT molecular complexity index is 269. The van der Waals surface area contributed by atoms with E-state index < -0.39 is 0 Å². The van der Waals surface area contributed by atoms with Crippen LogP contribution in [0.15, 0.2) is 18.2 Å². The predicted octanol–water partition coefficient (Wildman–Crippen LogP) is 2.37. The Balaban J connectivity index is 3.11. The highest BCUT2D eigenvalue weighted by Gasteiger charge is 2.06. The van der Waals surface area contributed by atoms with E-state index in [2.05, 4.69) is 26.0 Å². The summed E-state index contributed by atoms with van der Waals surface area (Å²) in [6, 6.07) is 6.08. The SMILES string of the molecule is Cc1ccc(C(C)C)c(ON)c1. The molecule has 0 atom stereocenters. The van der Waals surface area contributed by atoms with Crippen LogP contribution in [0.2, 0.25) is 0 Å². The van der Waals surface area contributed by atoms with Crippen LogP contribution in [-0.2, 0) is 0 Å². The van der Waals surface area contributed by atoms with Crippen molar-refractivity contribution in [3.8, 4) is 5.75 Å². The van der Waals surface area contributed by atoms with E-state index in [0.717, 1.165) is 11.3 Å². The summed E-state index contributed by atoms with van der Waals surface area (Å²) in [7, 11) is 0. The second kappa shape index (κ2) is 3.59. The number of nitrogens with two attached hydrogens (primary N) is 1. The maximum Gasteiger partial charge on any atom is 0.150 e. The van der Waals surface area contributed by atoms with Gasteiger partial charge >= 0.3 is 0 Å². The average molecular weight is 165 g/mol. The van der Waals surface area contributed by atoms with E-state index in [1.54, 1.807) is 0 Å². The molecule has 0 aliphatic rings. The Labute approximate surface area is 73.3 Å². The second-order valence-electron chi connectivity index (χ2n) is 3.31. The summed E-state index contributed by atoms with van der Waals surface area (Å²) in [4.78, 5) is 4.79. The summed E-state index contributed by atoms with van der Waals surface area (Å²) in [5.41, 5.74) is 2.32. The van der Waals surface area contributed by atoms with Gasteiger partial charge in [0, 0.05) is 0 Å². The van der Waals surface area contributed by atoms with E-state index >= 15 is 0 Å². The topological polar surface area (TPSA) is 35.2 Å². The normalized spacial score (nSPS) is 10.4. The van der Waals surface area contributed by atoms with Crippen molar-refractivity contribution in [2.24, 2.45) is 5.90 Å². The Hall–Kier alpha value is -1.02. The summed E-state index contributed by atoms with van der Waals surface area (Å²) >= 11 is 0.